The summed E-state index contributed by atoms with van der Waals surface area (Å²) in [4.78, 5) is 25.4. The first-order valence-corrected chi connectivity index (χ1v) is 7.25. The maximum absolute atomic E-state index is 12.2. The van der Waals surface area contributed by atoms with Gasteiger partial charge < -0.3 is 15.4 Å². The minimum absolute atomic E-state index is 0.0641. The standard InChI is InChI=1S/C13H19ClN4O3/c1-21-11(19)8-18-13(20)12(14)10(7-16-18)17-5-3-2-4-9(17)6-15/h7,9H,2-6,8,15H2,1H3. The predicted molar refractivity (Wildman–Crippen MR) is 79.6 cm³/mol. The van der Waals surface area contributed by atoms with Gasteiger partial charge >= 0.3 is 5.97 Å². The molecule has 1 atom stereocenters. The lowest BCUT2D eigenvalue weighted by atomic mass is 10.0. The van der Waals surface area contributed by atoms with Crippen molar-refractivity contribution in [2.75, 3.05) is 25.1 Å². The summed E-state index contributed by atoms with van der Waals surface area (Å²) < 4.78 is 5.52. The van der Waals surface area contributed by atoms with Gasteiger partial charge in [-0.3, -0.25) is 9.59 Å². The van der Waals surface area contributed by atoms with Gasteiger partial charge in [0.1, 0.15) is 11.6 Å². The highest BCUT2D eigenvalue weighted by Crippen LogP contribution is 2.27. The molecular weight excluding hydrogens is 296 g/mol. The minimum Gasteiger partial charge on any atom is -0.468 e. The Hall–Kier alpha value is -1.60. The summed E-state index contributed by atoms with van der Waals surface area (Å²) in [7, 11) is 1.25. The lowest BCUT2D eigenvalue weighted by Gasteiger charge is -2.37. The van der Waals surface area contributed by atoms with Crippen molar-refractivity contribution >= 4 is 23.3 Å². The van der Waals surface area contributed by atoms with Gasteiger partial charge in [0.05, 0.1) is 19.0 Å². The van der Waals surface area contributed by atoms with Gasteiger partial charge in [-0.05, 0) is 19.3 Å². The number of ether oxygens (including phenoxy) is 1. The van der Waals surface area contributed by atoms with E-state index < -0.39 is 11.5 Å². The van der Waals surface area contributed by atoms with Crippen molar-refractivity contribution in [2.24, 2.45) is 5.73 Å². The second-order valence-corrected chi connectivity index (χ2v) is 5.34. The number of carbonyl (C=O) groups excluding carboxylic acids is 1. The number of rotatable bonds is 4. The smallest absolute Gasteiger partial charge is 0.327 e. The number of carbonyl (C=O) groups is 1. The van der Waals surface area contributed by atoms with Crippen LogP contribution in [-0.4, -0.2) is 42.0 Å². The van der Waals surface area contributed by atoms with Crippen LogP contribution in [0.5, 0.6) is 0 Å². The van der Waals surface area contributed by atoms with Crippen molar-refractivity contribution in [3.8, 4) is 0 Å². The lowest BCUT2D eigenvalue weighted by molar-refractivity contribution is -0.141. The first-order chi connectivity index (χ1) is 10.1. The molecule has 8 heteroatoms. The number of methoxy groups -OCH3 is 1. The number of piperidine rings is 1. The van der Waals surface area contributed by atoms with Crippen LogP contribution in [-0.2, 0) is 16.1 Å². The average Bonchev–Trinajstić information content (AvgIpc) is 2.52. The molecule has 0 aromatic carbocycles. The molecule has 2 N–H and O–H groups in total. The van der Waals surface area contributed by atoms with Crippen LogP contribution in [0.4, 0.5) is 5.69 Å². The topological polar surface area (TPSA) is 90.5 Å². The van der Waals surface area contributed by atoms with E-state index in [0.29, 0.717) is 12.2 Å². The molecule has 0 spiro atoms. The quantitative estimate of drug-likeness (QED) is 0.808. The number of anilines is 1. The number of esters is 1. The monoisotopic (exact) mass is 314 g/mol. The van der Waals surface area contributed by atoms with E-state index >= 15 is 0 Å². The Balaban J connectivity index is 2.31. The number of hydrogen-bond donors (Lipinski definition) is 1. The van der Waals surface area contributed by atoms with Gasteiger partial charge in [-0.2, -0.15) is 5.10 Å². The third kappa shape index (κ3) is 3.36. The molecule has 1 aromatic rings. The number of hydrogen-bond acceptors (Lipinski definition) is 6. The van der Waals surface area contributed by atoms with Crippen LogP contribution < -0.4 is 16.2 Å². The van der Waals surface area contributed by atoms with Gasteiger partial charge in [0.2, 0.25) is 0 Å². The van der Waals surface area contributed by atoms with E-state index in [1.54, 1.807) is 0 Å². The number of nitrogens with two attached hydrogens (primary N) is 1. The van der Waals surface area contributed by atoms with Crippen LogP contribution in [0.3, 0.4) is 0 Å². The second kappa shape index (κ2) is 6.91. The summed E-state index contributed by atoms with van der Waals surface area (Å²) in [5, 5.41) is 4.07. The molecule has 116 valence electrons. The number of halogens is 1. The fourth-order valence-electron chi connectivity index (χ4n) is 2.52. The van der Waals surface area contributed by atoms with Crippen molar-refractivity contribution in [1.29, 1.82) is 0 Å². The summed E-state index contributed by atoms with van der Waals surface area (Å²) in [6, 6.07) is 0.161. The van der Waals surface area contributed by atoms with E-state index in [1.165, 1.54) is 13.3 Å². The van der Waals surface area contributed by atoms with Crippen molar-refractivity contribution < 1.29 is 9.53 Å². The van der Waals surface area contributed by atoms with E-state index in [-0.39, 0.29) is 17.6 Å². The molecule has 1 fully saturated rings. The van der Waals surface area contributed by atoms with Gasteiger partial charge in [0, 0.05) is 19.1 Å². The normalized spacial score (nSPS) is 18.6. The van der Waals surface area contributed by atoms with Gasteiger partial charge in [-0.25, -0.2) is 4.68 Å². The van der Waals surface area contributed by atoms with Crippen LogP contribution >= 0.6 is 11.6 Å². The molecule has 1 aliphatic heterocycles. The van der Waals surface area contributed by atoms with Gasteiger partial charge in [-0.1, -0.05) is 11.6 Å². The maximum atomic E-state index is 12.2. The van der Waals surface area contributed by atoms with E-state index in [9.17, 15) is 9.59 Å². The molecular formula is C13H19ClN4O3. The Kier molecular flexibility index (Phi) is 5.19. The van der Waals surface area contributed by atoms with E-state index in [4.69, 9.17) is 17.3 Å². The molecule has 0 radical (unpaired) electrons. The summed E-state index contributed by atoms with van der Waals surface area (Å²) in [5.41, 5.74) is 5.87. The van der Waals surface area contributed by atoms with E-state index in [0.717, 1.165) is 30.5 Å². The Bertz CT molecular complexity index is 575. The first kappa shape index (κ1) is 15.8. The second-order valence-electron chi connectivity index (χ2n) is 4.96. The van der Waals surface area contributed by atoms with Gasteiger partial charge in [-0.15, -0.1) is 0 Å². The largest absolute Gasteiger partial charge is 0.468 e. The first-order valence-electron chi connectivity index (χ1n) is 6.87. The molecule has 1 aromatic heterocycles. The molecule has 1 aliphatic rings. The zero-order valence-corrected chi connectivity index (χ0v) is 12.7. The Morgan fingerprint density at radius 2 is 2.33 bits per heavy atom. The Morgan fingerprint density at radius 1 is 1.57 bits per heavy atom. The molecule has 2 rings (SSSR count). The Morgan fingerprint density at radius 3 is 3.00 bits per heavy atom. The number of aromatic nitrogens is 2. The molecule has 0 amide bonds. The van der Waals surface area contributed by atoms with Crippen LogP contribution in [0.1, 0.15) is 19.3 Å². The van der Waals surface area contributed by atoms with Crippen molar-refractivity contribution in [3.05, 3.63) is 21.6 Å². The van der Waals surface area contributed by atoms with Crippen molar-refractivity contribution in [1.82, 2.24) is 9.78 Å². The molecule has 1 unspecified atom stereocenters. The Labute approximate surface area is 127 Å². The van der Waals surface area contributed by atoms with E-state index in [1.807, 2.05) is 4.90 Å². The van der Waals surface area contributed by atoms with Gasteiger partial charge in [0.15, 0.2) is 0 Å². The molecule has 21 heavy (non-hydrogen) atoms. The van der Waals surface area contributed by atoms with Crippen LogP contribution in [0.25, 0.3) is 0 Å². The zero-order valence-electron chi connectivity index (χ0n) is 11.9. The van der Waals surface area contributed by atoms with Crippen LogP contribution in [0.15, 0.2) is 11.0 Å². The molecule has 2 heterocycles. The predicted octanol–water partition coefficient (Wildman–Crippen LogP) is 0.387. The average molecular weight is 315 g/mol. The highest BCUT2D eigenvalue weighted by molar-refractivity contribution is 6.33. The lowest BCUT2D eigenvalue weighted by Crippen LogP contribution is -2.45. The summed E-state index contributed by atoms with van der Waals surface area (Å²) in [6.45, 7) is 1.04. The minimum atomic E-state index is -0.550. The molecule has 1 saturated heterocycles. The molecule has 0 bridgehead atoms. The maximum Gasteiger partial charge on any atom is 0.327 e. The highest BCUT2D eigenvalue weighted by atomic mass is 35.5. The zero-order chi connectivity index (χ0) is 15.4. The molecule has 0 saturated carbocycles. The van der Waals surface area contributed by atoms with Crippen LogP contribution in [0, 0.1) is 0 Å². The summed E-state index contributed by atoms with van der Waals surface area (Å²) in [6.07, 6.45) is 4.62. The fourth-order valence-corrected chi connectivity index (χ4v) is 2.77. The summed E-state index contributed by atoms with van der Waals surface area (Å²) >= 11 is 6.17. The van der Waals surface area contributed by atoms with E-state index in [2.05, 4.69) is 9.84 Å². The third-order valence-corrected chi connectivity index (χ3v) is 4.04. The van der Waals surface area contributed by atoms with Gasteiger partial charge in [0.25, 0.3) is 5.56 Å². The third-order valence-electron chi connectivity index (χ3n) is 3.68. The fraction of sp³-hybridized carbons (Fsp3) is 0.615. The SMILES string of the molecule is COC(=O)Cn1ncc(N2CCCCC2CN)c(Cl)c1=O. The van der Waals surface area contributed by atoms with Crippen molar-refractivity contribution in [2.45, 2.75) is 31.8 Å². The molecule has 7 nitrogen and oxygen atoms in total. The summed E-state index contributed by atoms with van der Waals surface area (Å²) in [5.74, 6) is -0.550. The molecule has 0 aliphatic carbocycles. The van der Waals surface area contributed by atoms with Crippen LogP contribution in [0.2, 0.25) is 5.02 Å². The highest BCUT2D eigenvalue weighted by Gasteiger charge is 2.25. The van der Waals surface area contributed by atoms with Crippen molar-refractivity contribution in [3.63, 3.8) is 0 Å². The number of nitrogens with zero attached hydrogens (tertiary/aromatic N) is 3.